The monoisotopic (exact) mass is 394 g/mol. The molecule has 0 bridgehead atoms. The molecule has 1 aliphatic rings. The Kier molecular flexibility index (Phi) is 8.13. The van der Waals surface area contributed by atoms with Gasteiger partial charge in [0.15, 0.2) is 0 Å². The van der Waals surface area contributed by atoms with Gasteiger partial charge in [0.2, 0.25) is 0 Å². The minimum absolute atomic E-state index is 0.00505. The fraction of sp³-hybridized carbons (Fsp3) is 0.375. The van der Waals surface area contributed by atoms with Gasteiger partial charge in [-0.25, -0.2) is 9.86 Å². The van der Waals surface area contributed by atoms with Crippen LogP contribution in [0, 0.1) is 0 Å². The second-order valence-electron chi connectivity index (χ2n) is 7.19. The highest BCUT2D eigenvalue weighted by Gasteiger charge is 2.27. The molecule has 1 N–H and O–H groups in total. The smallest absolute Gasteiger partial charge is 0.409 e. The number of hydrogen-bond acceptors (Lipinski definition) is 4. The summed E-state index contributed by atoms with van der Waals surface area (Å²) in [7, 11) is 0. The highest BCUT2D eigenvalue weighted by Crippen LogP contribution is 2.24. The van der Waals surface area contributed by atoms with Gasteiger partial charge in [0.1, 0.15) is 18.9 Å². The van der Waals surface area contributed by atoms with Crippen molar-refractivity contribution in [3.63, 3.8) is 0 Å². The van der Waals surface area contributed by atoms with Crippen LogP contribution in [-0.2, 0) is 16.2 Å². The van der Waals surface area contributed by atoms with Crippen LogP contribution >= 0.6 is 0 Å². The number of hydroxylamine groups is 1. The van der Waals surface area contributed by atoms with Gasteiger partial charge in [-0.15, -0.1) is 0 Å². The van der Waals surface area contributed by atoms with Crippen LogP contribution in [0.3, 0.4) is 0 Å². The van der Waals surface area contributed by atoms with Crippen molar-refractivity contribution in [3.05, 3.63) is 78.4 Å². The lowest BCUT2D eigenvalue weighted by Gasteiger charge is -2.36. The van der Waals surface area contributed by atoms with Gasteiger partial charge in [-0.05, 0) is 30.2 Å². The van der Waals surface area contributed by atoms with E-state index in [1.165, 1.54) is 19.3 Å². The molecule has 0 saturated heterocycles. The molecular formula is C24H30N2O3. The van der Waals surface area contributed by atoms with Crippen molar-refractivity contribution in [2.45, 2.75) is 57.9 Å². The molecule has 0 saturated carbocycles. The van der Waals surface area contributed by atoms with Gasteiger partial charge in [-0.3, -0.25) is 10.2 Å². The first-order valence-electron chi connectivity index (χ1n) is 10.4. The topological polar surface area (TPSA) is 50.8 Å². The van der Waals surface area contributed by atoms with E-state index in [1.807, 2.05) is 72.8 Å². The average Bonchev–Trinajstić information content (AvgIpc) is 2.77. The number of unbranched alkanes of at least 4 members (excludes halogenated alkanes) is 3. The molecule has 2 aromatic carbocycles. The Bertz CT molecular complexity index is 764. The van der Waals surface area contributed by atoms with Crippen LogP contribution in [0.2, 0.25) is 0 Å². The third kappa shape index (κ3) is 6.64. The molecule has 1 aliphatic heterocycles. The summed E-state index contributed by atoms with van der Waals surface area (Å²) in [6.07, 6.45) is 8.88. The van der Waals surface area contributed by atoms with E-state index in [0.29, 0.717) is 0 Å². The predicted octanol–water partition coefficient (Wildman–Crippen LogP) is 5.59. The van der Waals surface area contributed by atoms with E-state index in [4.69, 9.17) is 9.57 Å². The van der Waals surface area contributed by atoms with Crippen molar-refractivity contribution in [2.24, 2.45) is 0 Å². The summed E-state index contributed by atoms with van der Waals surface area (Å²) < 4.78 is 5.37. The summed E-state index contributed by atoms with van der Waals surface area (Å²) in [5, 5.41) is 4.65. The van der Waals surface area contributed by atoms with Crippen LogP contribution in [0.1, 0.15) is 44.6 Å². The molecule has 5 heteroatoms. The second-order valence-corrected chi connectivity index (χ2v) is 7.19. The molecule has 154 valence electrons. The number of carbonyl (C=O) groups excluding carboxylic acids is 1. The summed E-state index contributed by atoms with van der Waals surface area (Å²) in [5.74, 6) is 0. The lowest BCUT2D eigenvalue weighted by Crippen LogP contribution is -2.51. The molecule has 1 heterocycles. The Morgan fingerprint density at radius 1 is 1.00 bits per heavy atom. The van der Waals surface area contributed by atoms with Gasteiger partial charge in [0, 0.05) is 0 Å². The number of rotatable bonds is 9. The van der Waals surface area contributed by atoms with Gasteiger partial charge in [0.25, 0.3) is 0 Å². The maximum atomic E-state index is 12.3. The standard InChI is InChI=1S/C24H30N2O3/c1-2-3-4-11-16-22-17-18-23(26(29-22)21-14-9-6-10-15-21)25-24(27)28-19-20-12-7-5-8-13-20/h5-10,12-15,17-18,22-23H,2-4,11,16,19H2,1H3,(H,25,27)/t22-,23-/m0/s1. The third-order valence-electron chi connectivity index (χ3n) is 4.84. The zero-order chi connectivity index (χ0) is 20.3. The van der Waals surface area contributed by atoms with E-state index in [0.717, 1.165) is 24.1 Å². The third-order valence-corrected chi connectivity index (χ3v) is 4.84. The van der Waals surface area contributed by atoms with E-state index in [2.05, 4.69) is 12.2 Å². The Morgan fingerprint density at radius 3 is 2.45 bits per heavy atom. The van der Waals surface area contributed by atoms with Gasteiger partial charge in [-0.1, -0.05) is 87.2 Å². The number of alkyl carbamates (subject to hydrolysis) is 1. The van der Waals surface area contributed by atoms with Crippen LogP contribution in [-0.4, -0.2) is 18.4 Å². The van der Waals surface area contributed by atoms with Crippen molar-refractivity contribution in [1.29, 1.82) is 0 Å². The number of ether oxygens (including phenoxy) is 1. The molecule has 2 atom stereocenters. The largest absolute Gasteiger partial charge is 0.445 e. The summed E-state index contributed by atoms with van der Waals surface area (Å²) in [6.45, 7) is 2.44. The van der Waals surface area contributed by atoms with Crippen LogP contribution in [0.25, 0.3) is 0 Å². The SMILES string of the molecule is CCCCCC[C@H]1C=C[C@@H](NC(=O)OCc2ccccc2)N(c2ccccc2)O1. The zero-order valence-corrected chi connectivity index (χ0v) is 17.0. The van der Waals surface area contributed by atoms with Crippen molar-refractivity contribution in [3.8, 4) is 0 Å². The number of amides is 1. The number of nitrogens with one attached hydrogen (secondary N) is 1. The molecule has 1 amide bonds. The van der Waals surface area contributed by atoms with E-state index in [-0.39, 0.29) is 12.7 Å². The lowest BCUT2D eigenvalue weighted by atomic mass is 10.1. The maximum Gasteiger partial charge on any atom is 0.409 e. The number of benzene rings is 2. The molecular weight excluding hydrogens is 364 g/mol. The molecule has 2 aromatic rings. The Morgan fingerprint density at radius 2 is 1.72 bits per heavy atom. The Labute approximate surface area is 173 Å². The second kappa shape index (κ2) is 11.3. The van der Waals surface area contributed by atoms with Crippen LogP contribution in [0.5, 0.6) is 0 Å². The van der Waals surface area contributed by atoms with Crippen molar-refractivity contribution < 1.29 is 14.4 Å². The fourth-order valence-electron chi connectivity index (χ4n) is 3.26. The van der Waals surface area contributed by atoms with E-state index < -0.39 is 12.3 Å². The number of anilines is 1. The first-order chi connectivity index (χ1) is 14.3. The van der Waals surface area contributed by atoms with Crippen molar-refractivity contribution in [1.82, 2.24) is 5.32 Å². The molecule has 0 radical (unpaired) electrons. The van der Waals surface area contributed by atoms with Gasteiger partial charge >= 0.3 is 6.09 Å². The number of para-hydroxylation sites is 1. The quantitative estimate of drug-likeness (QED) is 0.445. The summed E-state index contributed by atoms with van der Waals surface area (Å²) >= 11 is 0. The summed E-state index contributed by atoms with van der Waals surface area (Å²) in [5.41, 5.74) is 1.84. The molecule has 0 fully saturated rings. The lowest BCUT2D eigenvalue weighted by molar-refractivity contribution is 0.0280. The molecule has 3 rings (SSSR count). The molecule has 0 spiro atoms. The number of carbonyl (C=O) groups is 1. The van der Waals surface area contributed by atoms with E-state index >= 15 is 0 Å². The highest BCUT2D eigenvalue weighted by atomic mass is 16.7. The molecule has 0 aromatic heterocycles. The van der Waals surface area contributed by atoms with Crippen molar-refractivity contribution in [2.75, 3.05) is 5.06 Å². The Hall–Kier alpha value is -2.79. The van der Waals surface area contributed by atoms with E-state index in [1.54, 1.807) is 5.06 Å². The molecule has 0 unspecified atom stereocenters. The highest BCUT2D eigenvalue weighted by molar-refractivity contribution is 5.68. The van der Waals surface area contributed by atoms with Crippen molar-refractivity contribution >= 4 is 11.8 Å². The van der Waals surface area contributed by atoms with E-state index in [9.17, 15) is 4.79 Å². The van der Waals surface area contributed by atoms with Crippen LogP contribution in [0.4, 0.5) is 10.5 Å². The molecule has 5 nitrogen and oxygen atoms in total. The Balaban J connectivity index is 1.60. The van der Waals surface area contributed by atoms with Gasteiger partial charge < -0.3 is 4.74 Å². The van der Waals surface area contributed by atoms with Crippen LogP contribution < -0.4 is 10.4 Å². The summed E-state index contributed by atoms with van der Waals surface area (Å²) in [6, 6.07) is 19.4. The fourth-order valence-corrected chi connectivity index (χ4v) is 3.26. The molecule has 29 heavy (non-hydrogen) atoms. The normalized spacial score (nSPS) is 18.4. The van der Waals surface area contributed by atoms with Gasteiger partial charge in [0.05, 0.1) is 5.69 Å². The van der Waals surface area contributed by atoms with Crippen LogP contribution in [0.15, 0.2) is 72.8 Å². The molecule has 0 aliphatic carbocycles. The zero-order valence-electron chi connectivity index (χ0n) is 17.0. The maximum absolute atomic E-state index is 12.3. The number of nitrogens with zero attached hydrogens (tertiary/aromatic N) is 1. The minimum atomic E-state index is -0.477. The summed E-state index contributed by atoms with van der Waals surface area (Å²) in [4.78, 5) is 18.5. The minimum Gasteiger partial charge on any atom is -0.445 e. The van der Waals surface area contributed by atoms with Gasteiger partial charge in [-0.2, -0.15) is 0 Å². The average molecular weight is 395 g/mol. The number of hydrogen-bond donors (Lipinski definition) is 1. The first kappa shape index (κ1) is 20.9. The predicted molar refractivity (Wildman–Crippen MR) is 115 cm³/mol. The first-order valence-corrected chi connectivity index (χ1v) is 10.4.